The van der Waals surface area contributed by atoms with Crippen LogP contribution in [0, 0.1) is 0 Å². The van der Waals surface area contributed by atoms with Gasteiger partial charge in [0.2, 0.25) is 0 Å². The number of rotatable bonds is 1. The van der Waals surface area contributed by atoms with E-state index in [0.717, 1.165) is 13.1 Å². The Morgan fingerprint density at radius 2 is 0.500 bits per heavy atom. The molecule has 0 heterocycles. The summed E-state index contributed by atoms with van der Waals surface area (Å²) in [6, 6.07) is 0. The van der Waals surface area contributed by atoms with Gasteiger partial charge in [0.1, 0.15) is 13.1 Å². The van der Waals surface area contributed by atoms with Gasteiger partial charge in [-0.15, -0.1) is 0 Å². The van der Waals surface area contributed by atoms with E-state index in [0.29, 0.717) is 0 Å². The number of hydrogen-bond donors (Lipinski definition) is 2. The molecule has 14 heteroatoms. The molecule has 0 aromatic heterocycles. The Bertz CT molecular complexity index is 34.0. The predicted octanol–water partition coefficient (Wildman–Crippen LogP) is -33.3. The van der Waals surface area contributed by atoms with Crippen LogP contribution in [0.15, 0.2) is 0 Å². The molecule has 0 amide bonds. The molecule has 0 aromatic carbocycles. The van der Waals surface area contributed by atoms with Gasteiger partial charge in [0, 0.05) is 0 Å². The average Bonchev–Trinajstić information content (AvgIpc) is 1.37. The van der Waals surface area contributed by atoms with Crippen molar-refractivity contribution in [1.29, 1.82) is 0 Å². The fraction of sp³-hybridized carbons (Fsp3) is 1.00. The van der Waals surface area contributed by atoms with Gasteiger partial charge in [-0.3, -0.25) is 0 Å². The Labute approximate surface area is 120 Å². The zero-order chi connectivity index (χ0) is 3.41. The second-order valence-corrected chi connectivity index (χ2v) is 0.707. The molecule has 0 spiro atoms. The summed E-state index contributed by atoms with van der Waals surface area (Å²) in [5.41, 5.74) is 7.08. The van der Waals surface area contributed by atoms with Crippen LogP contribution in [0.4, 0.5) is 0 Å². The SMILES string of the molecule is [Be+2].[Be+2].[F-].[F-].[F-].[F-].[F-].[F-].[F-].[F-].[Li+].[Li+].[NH3+]CC[NH3+]. The Hall–Kier alpha value is 0.892. The van der Waals surface area contributed by atoms with Crippen molar-refractivity contribution in [2.75, 3.05) is 13.1 Å². The van der Waals surface area contributed by atoms with Crippen molar-refractivity contribution >= 4 is 20.2 Å². The minimum absolute atomic E-state index is 0. The summed E-state index contributed by atoms with van der Waals surface area (Å²) < 4.78 is 0. The second-order valence-electron chi connectivity index (χ2n) is 0.707. The molecule has 0 saturated heterocycles. The van der Waals surface area contributed by atoms with E-state index in [-0.39, 0.29) is 95.6 Å². The first-order valence-electron chi connectivity index (χ1n) is 1.50. The largest absolute Gasteiger partial charge is 2.00 e. The van der Waals surface area contributed by atoms with Crippen LogP contribution in [0.1, 0.15) is 0 Å². The van der Waals surface area contributed by atoms with Crippen molar-refractivity contribution in [3.63, 3.8) is 0 Å². The van der Waals surface area contributed by atoms with Crippen LogP contribution >= 0.6 is 0 Å². The zero-order valence-corrected chi connectivity index (χ0v) is 9.27. The Morgan fingerprint density at radius 1 is 0.438 bits per heavy atom. The number of quaternary nitrogens is 2. The Morgan fingerprint density at radius 3 is 0.500 bits per heavy atom. The molecule has 0 radical (unpaired) electrons. The number of hydrogen-bond acceptors (Lipinski definition) is 0. The fourth-order valence-corrected chi connectivity index (χ4v) is 0. The van der Waals surface area contributed by atoms with E-state index < -0.39 is 0 Å². The van der Waals surface area contributed by atoms with Crippen molar-refractivity contribution < 1.29 is 86.8 Å². The molecule has 90 valence electrons. The van der Waals surface area contributed by atoms with E-state index in [9.17, 15) is 0 Å². The third-order valence-corrected chi connectivity index (χ3v) is 0.250. The molecular weight excluding hydrogens is 236 g/mol. The van der Waals surface area contributed by atoms with Crippen LogP contribution in [0.25, 0.3) is 0 Å². The van der Waals surface area contributed by atoms with Crippen LogP contribution in [0.5, 0.6) is 0 Å². The van der Waals surface area contributed by atoms with Gasteiger partial charge in [0.05, 0.1) is 0 Å². The van der Waals surface area contributed by atoms with E-state index in [1.54, 1.807) is 0 Å². The van der Waals surface area contributed by atoms with Gasteiger partial charge < -0.3 is 49.1 Å². The van der Waals surface area contributed by atoms with Crippen molar-refractivity contribution in [2.45, 2.75) is 0 Å². The van der Waals surface area contributed by atoms with Gasteiger partial charge >= 0.3 is 58.0 Å². The van der Waals surface area contributed by atoms with Crippen LogP contribution in [0.3, 0.4) is 0 Å². The monoisotopic (exact) mass is 246 g/mol. The summed E-state index contributed by atoms with van der Waals surface area (Å²) in [5, 5.41) is 0. The van der Waals surface area contributed by atoms with Gasteiger partial charge in [-0.05, 0) is 0 Å². The van der Waals surface area contributed by atoms with Gasteiger partial charge in [-0.2, -0.15) is 0 Å². The molecule has 2 nitrogen and oxygen atoms in total. The first-order valence-corrected chi connectivity index (χ1v) is 1.50. The van der Waals surface area contributed by atoms with E-state index >= 15 is 0 Å². The van der Waals surface area contributed by atoms with Crippen LogP contribution in [-0.4, -0.2) is 33.3 Å². The molecule has 0 fully saturated rings. The number of halogens is 8. The minimum atomic E-state index is 0. The van der Waals surface area contributed by atoms with E-state index in [2.05, 4.69) is 11.5 Å². The van der Waals surface area contributed by atoms with Crippen molar-refractivity contribution in [3.05, 3.63) is 0 Å². The van der Waals surface area contributed by atoms with E-state index in [1.807, 2.05) is 0 Å². The molecule has 6 N–H and O–H groups in total. The Balaban J connectivity index is -0.000000000682. The summed E-state index contributed by atoms with van der Waals surface area (Å²) in [6.45, 7) is 1.92. The molecule has 0 rings (SSSR count). The van der Waals surface area contributed by atoms with Crippen molar-refractivity contribution in [2.24, 2.45) is 0 Å². The van der Waals surface area contributed by atoms with Crippen LogP contribution < -0.4 is 86.8 Å². The van der Waals surface area contributed by atoms with Gasteiger partial charge in [-0.1, -0.05) is 0 Å². The first-order chi connectivity index (χ1) is 1.91. The van der Waals surface area contributed by atoms with Crippen LogP contribution in [0.2, 0.25) is 0 Å². The molecule has 0 aliphatic carbocycles. The maximum absolute atomic E-state index is 3.54. The molecule has 0 bridgehead atoms. The van der Waals surface area contributed by atoms with E-state index in [4.69, 9.17) is 0 Å². The zero-order valence-electron chi connectivity index (χ0n) is 9.27. The van der Waals surface area contributed by atoms with Crippen molar-refractivity contribution in [1.82, 2.24) is 0 Å². The summed E-state index contributed by atoms with van der Waals surface area (Å²) in [4.78, 5) is 0. The smallest absolute Gasteiger partial charge is 1.00 e. The molecule has 0 aliphatic heterocycles. The summed E-state index contributed by atoms with van der Waals surface area (Å²) in [6.07, 6.45) is 0. The molecular formula is C2H10Be2F8Li2N2. The first kappa shape index (κ1) is 282. The third kappa shape index (κ3) is 803. The van der Waals surface area contributed by atoms with Gasteiger partial charge in [0.15, 0.2) is 0 Å². The second kappa shape index (κ2) is 421. The maximum Gasteiger partial charge on any atom is 2.00 e. The standard InChI is InChI=1S/C2H8N2.2Be.8FH.2Li/c3-1-2-4;;;;;;;;;;;;/h1-4H2;;;8*1H;;/q;2*+2;;;;;;;;;2*+1/p-6. The fourth-order valence-electron chi connectivity index (χ4n) is 0. The Kier molecular flexibility index (Phi) is 7410. The van der Waals surface area contributed by atoms with Crippen LogP contribution in [-0.2, 0) is 0 Å². The quantitative estimate of drug-likeness (QED) is 0.341. The van der Waals surface area contributed by atoms with Gasteiger partial charge in [-0.25, -0.2) is 0 Å². The normalized spacial score (nSPS) is 1.88. The topological polar surface area (TPSA) is 55.3 Å². The maximum atomic E-state index is 3.54. The summed E-state index contributed by atoms with van der Waals surface area (Å²) >= 11 is 0. The molecule has 0 unspecified atom stereocenters. The molecule has 0 atom stereocenters. The summed E-state index contributed by atoms with van der Waals surface area (Å²) in [7, 11) is 0. The third-order valence-electron chi connectivity index (χ3n) is 0.250. The predicted molar refractivity (Wildman–Crippen MR) is 27.0 cm³/mol. The van der Waals surface area contributed by atoms with Gasteiger partial charge in [0.25, 0.3) is 0 Å². The molecule has 0 aromatic rings. The molecule has 16 heavy (non-hydrogen) atoms. The van der Waals surface area contributed by atoms with E-state index in [1.165, 1.54) is 0 Å². The molecule has 0 aliphatic rings. The van der Waals surface area contributed by atoms with Crippen molar-refractivity contribution in [3.8, 4) is 0 Å². The summed E-state index contributed by atoms with van der Waals surface area (Å²) in [5.74, 6) is 0. The molecule has 0 saturated carbocycles. The minimum Gasteiger partial charge on any atom is -1.00 e. The average molecular weight is 246 g/mol.